The topological polar surface area (TPSA) is 9.23 Å². The Kier molecular flexibility index (Phi) is 8.69. The molecule has 0 amide bonds. The zero-order chi connectivity index (χ0) is 13.2. The van der Waals surface area contributed by atoms with Gasteiger partial charge >= 0.3 is 0 Å². The Morgan fingerprint density at radius 3 is 2.56 bits per heavy atom. The van der Waals surface area contributed by atoms with Crippen LogP contribution in [-0.4, -0.2) is 15.6 Å². The maximum atomic E-state index is 5.96. The third-order valence-electron chi connectivity index (χ3n) is 3.93. The van der Waals surface area contributed by atoms with E-state index in [1.54, 1.807) is 0 Å². The molecule has 0 saturated heterocycles. The van der Waals surface area contributed by atoms with Crippen LogP contribution in [-0.2, 0) is 4.43 Å². The Morgan fingerprint density at radius 2 is 1.94 bits per heavy atom. The van der Waals surface area contributed by atoms with Crippen molar-refractivity contribution in [3.8, 4) is 0 Å². The van der Waals surface area contributed by atoms with Crippen molar-refractivity contribution in [3.63, 3.8) is 0 Å². The van der Waals surface area contributed by atoms with Gasteiger partial charge < -0.3 is 4.43 Å². The lowest BCUT2D eigenvalue weighted by molar-refractivity contribution is 0.196. The Morgan fingerprint density at radius 1 is 1.22 bits per heavy atom. The molecule has 1 rings (SSSR count). The zero-order valence-electron chi connectivity index (χ0n) is 12.6. The molecule has 0 aliphatic heterocycles. The van der Waals surface area contributed by atoms with Crippen molar-refractivity contribution in [1.82, 2.24) is 0 Å². The highest BCUT2D eigenvalue weighted by Crippen LogP contribution is 2.31. The molecule has 2 heteroatoms. The van der Waals surface area contributed by atoms with Gasteiger partial charge in [-0.25, -0.2) is 0 Å². The van der Waals surface area contributed by atoms with Gasteiger partial charge in [-0.1, -0.05) is 51.2 Å². The molecule has 0 aromatic rings. The summed E-state index contributed by atoms with van der Waals surface area (Å²) in [7, 11) is -0.536. The normalized spacial score (nSPS) is 19.8. The van der Waals surface area contributed by atoms with E-state index in [4.69, 9.17) is 4.43 Å². The van der Waals surface area contributed by atoms with Crippen molar-refractivity contribution < 1.29 is 4.43 Å². The highest BCUT2D eigenvalue weighted by Gasteiger charge is 2.22. The average molecular weight is 268 g/mol. The predicted octanol–water partition coefficient (Wildman–Crippen LogP) is 5.20. The lowest BCUT2D eigenvalue weighted by atomic mass is 9.80. The average Bonchev–Trinajstić information content (AvgIpc) is 2.38. The Labute approximate surface area is 116 Å². The minimum Gasteiger partial charge on any atom is -0.417 e. The summed E-state index contributed by atoms with van der Waals surface area (Å²) in [4.78, 5) is 0. The Bertz CT molecular complexity index is 219. The van der Waals surface area contributed by atoms with Crippen LogP contribution in [0.3, 0.4) is 0 Å². The van der Waals surface area contributed by atoms with E-state index in [1.807, 2.05) is 0 Å². The van der Waals surface area contributed by atoms with Crippen LogP contribution in [0.5, 0.6) is 0 Å². The molecule has 1 aliphatic rings. The van der Waals surface area contributed by atoms with Gasteiger partial charge in [0.25, 0.3) is 0 Å². The summed E-state index contributed by atoms with van der Waals surface area (Å²) in [6.45, 7) is 7.71. The number of unbranched alkanes of at least 4 members (excludes halogenated alkanes) is 2. The summed E-state index contributed by atoms with van der Waals surface area (Å²) in [5.41, 5.74) is 0. The largest absolute Gasteiger partial charge is 0.417 e. The van der Waals surface area contributed by atoms with Gasteiger partial charge in [-0.3, -0.25) is 0 Å². The van der Waals surface area contributed by atoms with Gasteiger partial charge in [-0.15, -0.1) is 0 Å². The zero-order valence-corrected chi connectivity index (χ0v) is 13.6. The molecule has 105 valence electrons. The van der Waals surface area contributed by atoms with Crippen LogP contribution in [0, 0.1) is 11.8 Å². The second-order valence-electron chi connectivity index (χ2n) is 5.85. The third kappa shape index (κ3) is 6.74. The maximum Gasteiger partial charge on any atom is 0.204 e. The van der Waals surface area contributed by atoms with Gasteiger partial charge in [0.2, 0.25) is 9.04 Å². The van der Waals surface area contributed by atoms with E-state index in [1.165, 1.54) is 51.4 Å². The summed E-state index contributed by atoms with van der Waals surface area (Å²) in [6, 6.07) is 0. The quantitative estimate of drug-likeness (QED) is 0.334. The summed E-state index contributed by atoms with van der Waals surface area (Å²) in [5, 5.41) is 0. The standard InChI is InChI=1S/C16H31OSi/c1-4-5-6-8-13-16(14-17-18(2)3)15-11-9-7-10-12-15/h8,13,15-16H,4-7,9-12,14H2,1-3H3/b13-8+. The van der Waals surface area contributed by atoms with Crippen molar-refractivity contribution >= 4 is 9.04 Å². The van der Waals surface area contributed by atoms with E-state index in [0.29, 0.717) is 5.92 Å². The first kappa shape index (κ1) is 16.0. The molecule has 0 spiro atoms. The molecule has 1 nitrogen and oxygen atoms in total. The predicted molar refractivity (Wildman–Crippen MR) is 82.2 cm³/mol. The minimum absolute atomic E-state index is 0.536. The first-order valence-electron chi connectivity index (χ1n) is 7.83. The molecule has 1 fully saturated rings. The van der Waals surface area contributed by atoms with Crippen LogP contribution in [0.15, 0.2) is 12.2 Å². The van der Waals surface area contributed by atoms with E-state index < -0.39 is 9.04 Å². The number of hydrogen-bond donors (Lipinski definition) is 0. The maximum absolute atomic E-state index is 5.96. The van der Waals surface area contributed by atoms with Gasteiger partial charge in [-0.2, -0.15) is 0 Å². The summed E-state index contributed by atoms with van der Waals surface area (Å²) >= 11 is 0. The lowest BCUT2D eigenvalue weighted by Gasteiger charge is -2.28. The second kappa shape index (κ2) is 9.80. The van der Waals surface area contributed by atoms with Crippen LogP contribution in [0.2, 0.25) is 13.1 Å². The number of hydrogen-bond acceptors (Lipinski definition) is 1. The van der Waals surface area contributed by atoms with Gasteiger partial charge in [-0.05, 0) is 38.3 Å². The van der Waals surface area contributed by atoms with E-state index in [-0.39, 0.29) is 0 Å². The molecule has 0 bridgehead atoms. The van der Waals surface area contributed by atoms with E-state index >= 15 is 0 Å². The van der Waals surface area contributed by atoms with Gasteiger partial charge in [0.15, 0.2) is 0 Å². The molecule has 1 radical (unpaired) electrons. The number of rotatable bonds is 8. The number of allylic oxidation sites excluding steroid dienone is 1. The van der Waals surface area contributed by atoms with Crippen molar-refractivity contribution in [2.45, 2.75) is 71.4 Å². The van der Waals surface area contributed by atoms with Crippen LogP contribution in [0.4, 0.5) is 0 Å². The summed E-state index contributed by atoms with van der Waals surface area (Å²) in [5.74, 6) is 1.57. The summed E-state index contributed by atoms with van der Waals surface area (Å²) in [6.07, 6.45) is 15.9. The molecule has 0 aromatic heterocycles. The molecule has 18 heavy (non-hydrogen) atoms. The van der Waals surface area contributed by atoms with Gasteiger partial charge in [0.1, 0.15) is 0 Å². The lowest BCUT2D eigenvalue weighted by Crippen LogP contribution is -2.23. The fourth-order valence-corrected chi connectivity index (χ4v) is 3.29. The molecule has 0 aromatic carbocycles. The first-order chi connectivity index (χ1) is 8.74. The van der Waals surface area contributed by atoms with E-state index in [2.05, 4.69) is 32.2 Å². The second-order valence-corrected chi connectivity index (χ2v) is 7.96. The Balaban J connectivity index is 2.42. The molecule has 1 atom stereocenters. The molecule has 1 saturated carbocycles. The minimum atomic E-state index is -0.536. The highest BCUT2D eigenvalue weighted by molar-refractivity contribution is 6.48. The summed E-state index contributed by atoms with van der Waals surface area (Å²) < 4.78 is 5.96. The van der Waals surface area contributed by atoms with E-state index in [9.17, 15) is 0 Å². The molecule has 0 N–H and O–H groups in total. The van der Waals surface area contributed by atoms with E-state index in [0.717, 1.165) is 12.5 Å². The SMILES string of the molecule is CCCC/C=C/C(CO[Si](C)C)C1CCCCC1. The van der Waals surface area contributed by atoms with Gasteiger partial charge in [0.05, 0.1) is 0 Å². The molecular formula is C16H31OSi. The fourth-order valence-electron chi connectivity index (χ4n) is 2.77. The Hall–Kier alpha value is -0.0831. The first-order valence-corrected chi connectivity index (χ1v) is 10.2. The van der Waals surface area contributed by atoms with Crippen LogP contribution in [0.1, 0.15) is 58.3 Å². The molecule has 1 unspecified atom stereocenters. The van der Waals surface area contributed by atoms with Gasteiger partial charge in [0, 0.05) is 12.5 Å². The van der Waals surface area contributed by atoms with Crippen LogP contribution >= 0.6 is 0 Å². The monoisotopic (exact) mass is 267 g/mol. The van der Waals surface area contributed by atoms with Crippen LogP contribution in [0.25, 0.3) is 0 Å². The molecule has 0 heterocycles. The smallest absolute Gasteiger partial charge is 0.204 e. The van der Waals surface area contributed by atoms with Crippen LogP contribution < -0.4 is 0 Å². The molecular weight excluding hydrogens is 236 g/mol. The fraction of sp³-hybridized carbons (Fsp3) is 0.875. The van der Waals surface area contributed by atoms with Crippen molar-refractivity contribution in [1.29, 1.82) is 0 Å². The van der Waals surface area contributed by atoms with Crippen molar-refractivity contribution in [3.05, 3.63) is 12.2 Å². The third-order valence-corrected chi connectivity index (χ3v) is 4.67. The van der Waals surface area contributed by atoms with Crippen molar-refractivity contribution in [2.75, 3.05) is 6.61 Å². The highest BCUT2D eigenvalue weighted by atomic mass is 28.3. The van der Waals surface area contributed by atoms with Crippen molar-refractivity contribution in [2.24, 2.45) is 11.8 Å². The molecule has 1 aliphatic carbocycles.